The fraction of sp³-hybridized carbons (Fsp3) is 0.417. The summed E-state index contributed by atoms with van der Waals surface area (Å²) in [5.74, 6) is 0.651. The lowest BCUT2D eigenvalue weighted by Gasteiger charge is -2.49. The zero-order valence-corrected chi connectivity index (χ0v) is 15.9. The summed E-state index contributed by atoms with van der Waals surface area (Å²) < 4.78 is 0. The zero-order valence-electron chi connectivity index (χ0n) is 15.9. The molecule has 5 rings (SSSR count). The van der Waals surface area contributed by atoms with Crippen LogP contribution in [0.5, 0.6) is 0 Å². The van der Waals surface area contributed by atoms with E-state index in [2.05, 4.69) is 24.3 Å². The SMILES string of the molecule is Nc1cccc(C2CCC3C(=O)C(=O)C4CCC(c5cccc(N)c5)C2C34)c1. The molecule has 0 aromatic heterocycles. The summed E-state index contributed by atoms with van der Waals surface area (Å²) >= 11 is 0. The van der Waals surface area contributed by atoms with Crippen molar-refractivity contribution in [2.24, 2.45) is 23.7 Å². The van der Waals surface area contributed by atoms with Crippen molar-refractivity contribution in [3.05, 3.63) is 59.7 Å². The van der Waals surface area contributed by atoms with Crippen LogP contribution in [0, 0.1) is 23.7 Å². The van der Waals surface area contributed by atoms with Crippen molar-refractivity contribution in [1.82, 2.24) is 0 Å². The van der Waals surface area contributed by atoms with Gasteiger partial charge in [-0.15, -0.1) is 0 Å². The number of ketones is 2. The van der Waals surface area contributed by atoms with E-state index in [4.69, 9.17) is 11.5 Å². The molecule has 144 valence electrons. The Labute approximate surface area is 165 Å². The largest absolute Gasteiger partial charge is 0.399 e. The van der Waals surface area contributed by atoms with Gasteiger partial charge < -0.3 is 11.5 Å². The van der Waals surface area contributed by atoms with Crippen LogP contribution < -0.4 is 11.5 Å². The topological polar surface area (TPSA) is 86.2 Å². The number of carbonyl (C=O) groups excluding carboxylic acids is 2. The van der Waals surface area contributed by atoms with Gasteiger partial charge in [-0.1, -0.05) is 24.3 Å². The van der Waals surface area contributed by atoms with Crippen LogP contribution in [0.1, 0.15) is 48.6 Å². The summed E-state index contributed by atoms with van der Waals surface area (Å²) in [6.07, 6.45) is 3.48. The average Bonchev–Trinajstić information content (AvgIpc) is 2.94. The highest BCUT2D eigenvalue weighted by Crippen LogP contribution is 2.60. The molecule has 3 fully saturated rings. The van der Waals surface area contributed by atoms with Crippen LogP contribution in [0.25, 0.3) is 0 Å². The highest BCUT2D eigenvalue weighted by atomic mass is 16.2. The highest BCUT2D eigenvalue weighted by Gasteiger charge is 2.59. The lowest BCUT2D eigenvalue weighted by Crippen LogP contribution is -2.42. The normalized spacial score (nSPS) is 34.3. The lowest BCUT2D eigenvalue weighted by molar-refractivity contribution is -0.137. The molecule has 4 atom stereocenters. The minimum absolute atomic E-state index is 0.0938. The van der Waals surface area contributed by atoms with Gasteiger partial charge in [0, 0.05) is 23.2 Å². The second kappa shape index (κ2) is 6.47. The first kappa shape index (κ1) is 17.5. The van der Waals surface area contributed by atoms with E-state index in [1.165, 1.54) is 11.1 Å². The number of anilines is 2. The molecule has 0 bridgehead atoms. The highest BCUT2D eigenvalue weighted by molar-refractivity contribution is 6.41. The van der Waals surface area contributed by atoms with Gasteiger partial charge in [0.1, 0.15) is 0 Å². The van der Waals surface area contributed by atoms with Gasteiger partial charge in [-0.25, -0.2) is 0 Å². The fourth-order valence-corrected chi connectivity index (χ4v) is 6.46. The number of Topliss-reactive ketones (excluding diaryl/α,β-unsaturated/α-hetero) is 2. The third-order valence-electron chi connectivity index (χ3n) is 7.47. The number of carbonyl (C=O) groups is 2. The molecule has 4 heteroatoms. The summed E-state index contributed by atoms with van der Waals surface area (Å²) in [6, 6.07) is 16.3. The lowest BCUT2D eigenvalue weighted by atomic mass is 9.54. The first-order valence-corrected chi connectivity index (χ1v) is 10.3. The van der Waals surface area contributed by atoms with Crippen LogP contribution in [-0.4, -0.2) is 11.6 Å². The minimum atomic E-state index is -0.112. The molecule has 4 unspecified atom stereocenters. The first-order chi connectivity index (χ1) is 13.5. The maximum atomic E-state index is 12.7. The Morgan fingerprint density at radius 1 is 0.607 bits per heavy atom. The van der Waals surface area contributed by atoms with Gasteiger partial charge in [0.2, 0.25) is 11.6 Å². The maximum absolute atomic E-state index is 12.7. The second-order valence-corrected chi connectivity index (χ2v) is 8.80. The molecule has 3 aliphatic carbocycles. The molecular weight excluding hydrogens is 348 g/mol. The molecule has 4 nitrogen and oxygen atoms in total. The quantitative estimate of drug-likeness (QED) is 0.616. The molecule has 0 saturated heterocycles. The number of hydrogen-bond donors (Lipinski definition) is 2. The van der Waals surface area contributed by atoms with Crippen molar-refractivity contribution >= 4 is 22.9 Å². The Morgan fingerprint density at radius 3 is 1.43 bits per heavy atom. The molecule has 0 spiro atoms. The van der Waals surface area contributed by atoms with Crippen LogP contribution in [0.3, 0.4) is 0 Å². The van der Waals surface area contributed by atoms with Crippen LogP contribution in [0.15, 0.2) is 48.5 Å². The van der Waals surface area contributed by atoms with Crippen LogP contribution in [-0.2, 0) is 9.59 Å². The van der Waals surface area contributed by atoms with Gasteiger partial charge in [-0.3, -0.25) is 9.59 Å². The Kier molecular flexibility index (Phi) is 4.04. The van der Waals surface area contributed by atoms with Crippen molar-refractivity contribution in [1.29, 1.82) is 0 Å². The van der Waals surface area contributed by atoms with Crippen molar-refractivity contribution in [3.63, 3.8) is 0 Å². The van der Waals surface area contributed by atoms with E-state index in [1.54, 1.807) is 0 Å². The number of benzene rings is 2. The van der Waals surface area contributed by atoms with Crippen LogP contribution in [0.2, 0.25) is 0 Å². The average molecular weight is 374 g/mol. The molecule has 2 aromatic rings. The number of hydrogen-bond acceptors (Lipinski definition) is 4. The van der Waals surface area contributed by atoms with Gasteiger partial charge in [0.15, 0.2) is 0 Å². The zero-order chi connectivity index (χ0) is 19.4. The fourth-order valence-electron chi connectivity index (χ4n) is 6.46. The summed E-state index contributed by atoms with van der Waals surface area (Å²) in [5, 5.41) is 0. The second-order valence-electron chi connectivity index (χ2n) is 8.80. The van der Waals surface area contributed by atoms with Gasteiger partial charge in [0.05, 0.1) is 0 Å². The van der Waals surface area contributed by atoms with E-state index in [-0.39, 0.29) is 35.2 Å². The van der Waals surface area contributed by atoms with Crippen molar-refractivity contribution in [2.45, 2.75) is 37.5 Å². The van der Waals surface area contributed by atoms with E-state index in [9.17, 15) is 9.59 Å². The predicted molar refractivity (Wildman–Crippen MR) is 110 cm³/mol. The third kappa shape index (κ3) is 2.58. The Hall–Kier alpha value is -2.62. The smallest absolute Gasteiger partial charge is 0.202 e. The molecule has 0 heterocycles. The molecular formula is C24H26N2O2. The van der Waals surface area contributed by atoms with Gasteiger partial charge >= 0.3 is 0 Å². The van der Waals surface area contributed by atoms with Crippen LogP contribution >= 0.6 is 0 Å². The number of nitrogens with two attached hydrogens (primary N) is 2. The molecule has 0 aliphatic heterocycles. The molecule has 28 heavy (non-hydrogen) atoms. The van der Waals surface area contributed by atoms with Gasteiger partial charge in [0.25, 0.3) is 0 Å². The molecule has 2 aromatic carbocycles. The standard InChI is InChI=1S/C24H26N2O2/c25-15-5-1-3-13(11-15)17-7-9-19-22-20(24(28)23(19)27)10-8-18(21(17)22)14-4-2-6-16(26)12-14/h1-6,11-12,17-22H,7-10,25-26H2. The minimum Gasteiger partial charge on any atom is -0.399 e. The first-order valence-electron chi connectivity index (χ1n) is 10.3. The summed E-state index contributed by atoms with van der Waals surface area (Å²) in [7, 11) is 0. The van der Waals surface area contributed by atoms with Crippen LogP contribution in [0.4, 0.5) is 11.4 Å². The summed E-state index contributed by atoms with van der Waals surface area (Å²) in [6.45, 7) is 0. The van der Waals surface area contributed by atoms with E-state index in [1.807, 2.05) is 24.3 Å². The molecule has 0 amide bonds. The Bertz CT molecular complexity index is 878. The van der Waals surface area contributed by atoms with E-state index in [0.29, 0.717) is 11.8 Å². The third-order valence-corrected chi connectivity index (χ3v) is 7.47. The maximum Gasteiger partial charge on any atom is 0.202 e. The van der Waals surface area contributed by atoms with Crippen molar-refractivity contribution in [2.75, 3.05) is 11.5 Å². The van der Waals surface area contributed by atoms with E-state index < -0.39 is 0 Å². The van der Waals surface area contributed by atoms with Gasteiger partial charge in [-0.2, -0.15) is 0 Å². The molecule has 3 aliphatic rings. The predicted octanol–water partition coefficient (Wildman–Crippen LogP) is 3.92. The van der Waals surface area contributed by atoms with Gasteiger partial charge in [-0.05, 0) is 84.7 Å². The number of nitrogen functional groups attached to an aromatic ring is 2. The Morgan fingerprint density at radius 2 is 1.00 bits per heavy atom. The Balaban J connectivity index is 1.62. The summed E-state index contributed by atoms with van der Waals surface area (Å²) in [4.78, 5) is 25.4. The van der Waals surface area contributed by atoms with E-state index in [0.717, 1.165) is 37.1 Å². The molecule has 4 N–H and O–H groups in total. The van der Waals surface area contributed by atoms with E-state index >= 15 is 0 Å². The summed E-state index contributed by atoms with van der Waals surface area (Å²) in [5.41, 5.74) is 16.2. The molecule has 0 radical (unpaired) electrons. The van der Waals surface area contributed by atoms with Crippen molar-refractivity contribution < 1.29 is 9.59 Å². The monoisotopic (exact) mass is 374 g/mol. The molecule has 3 saturated carbocycles. The number of rotatable bonds is 2. The van der Waals surface area contributed by atoms with Crippen molar-refractivity contribution in [3.8, 4) is 0 Å².